The number of anilines is 1. The van der Waals surface area contributed by atoms with E-state index in [-0.39, 0.29) is 17.5 Å². The van der Waals surface area contributed by atoms with Crippen molar-refractivity contribution in [2.75, 3.05) is 11.9 Å². The van der Waals surface area contributed by atoms with Crippen LogP contribution in [0.25, 0.3) is 0 Å². The molecule has 2 atom stereocenters. The molecule has 2 aliphatic heterocycles. The van der Waals surface area contributed by atoms with Crippen LogP contribution in [0.2, 0.25) is 0 Å². The molecule has 3 rings (SSSR count). The van der Waals surface area contributed by atoms with E-state index in [0.29, 0.717) is 0 Å². The SMILES string of the molecule is CC(C)(C)OC(=O)N1CCC[C@H]1C1Nc2ccccc2S1. The minimum absolute atomic E-state index is 0.191. The van der Waals surface area contributed by atoms with E-state index in [0.717, 1.165) is 19.4 Å². The molecule has 2 heterocycles. The van der Waals surface area contributed by atoms with Gasteiger partial charge in [0.2, 0.25) is 0 Å². The molecule has 2 aliphatic rings. The fourth-order valence-electron chi connectivity index (χ4n) is 2.84. The van der Waals surface area contributed by atoms with Crippen LogP contribution in [-0.4, -0.2) is 34.6 Å². The van der Waals surface area contributed by atoms with Gasteiger partial charge >= 0.3 is 6.09 Å². The van der Waals surface area contributed by atoms with Crippen molar-refractivity contribution in [2.45, 2.75) is 55.5 Å². The van der Waals surface area contributed by atoms with E-state index in [1.165, 1.54) is 10.6 Å². The number of nitrogens with zero attached hydrogens (tertiary/aromatic N) is 1. The molecule has 1 fully saturated rings. The average Bonchev–Trinajstić information content (AvgIpc) is 3.02. The highest BCUT2D eigenvalue weighted by Gasteiger charge is 2.39. The third-order valence-corrected chi connectivity index (χ3v) is 5.01. The Bertz CT molecular complexity index is 516. The molecular formula is C16H22N2O2S. The summed E-state index contributed by atoms with van der Waals surface area (Å²) >= 11 is 1.81. The van der Waals surface area contributed by atoms with Crippen LogP contribution in [0.1, 0.15) is 33.6 Å². The van der Waals surface area contributed by atoms with Gasteiger partial charge in [0.15, 0.2) is 0 Å². The largest absolute Gasteiger partial charge is 0.444 e. The predicted molar refractivity (Wildman–Crippen MR) is 85.7 cm³/mol. The number of carbonyl (C=O) groups excluding carboxylic acids is 1. The zero-order valence-corrected chi connectivity index (χ0v) is 13.6. The summed E-state index contributed by atoms with van der Waals surface area (Å²) in [5.41, 5.74) is 0.729. The Balaban J connectivity index is 1.70. The van der Waals surface area contributed by atoms with Gasteiger partial charge in [-0.2, -0.15) is 0 Å². The lowest BCUT2D eigenvalue weighted by Crippen LogP contribution is -2.45. The van der Waals surface area contributed by atoms with E-state index < -0.39 is 5.60 Å². The topological polar surface area (TPSA) is 41.6 Å². The Morgan fingerprint density at radius 2 is 2.14 bits per heavy atom. The number of hydrogen-bond donors (Lipinski definition) is 1. The molecule has 1 N–H and O–H groups in total. The van der Waals surface area contributed by atoms with Crippen LogP contribution in [0.15, 0.2) is 29.2 Å². The van der Waals surface area contributed by atoms with Crippen LogP contribution in [0.4, 0.5) is 10.5 Å². The highest BCUT2D eigenvalue weighted by atomic mass is 32.2. The van der Waals surface area contributed by atoms with Crippen molar-refractivity contribution in [3.8, 4) is 0 Å². The molecule has 1 aromatic carbocycles. The third-order valence-electron chi connectivity index (χ3n) is 3.72. The molecule has 0 saturated carbocycles. The van der Waals surface area contributed by atoms with Crippen LogP contribution in [0, 0.1) is 0 Å². The molecule has 114 valence electrons. The first-order valence-corrected chi connectivity index (χ1v) is 8.34. The summed E-state index contributed by atoms with van der Waals surface area (Å²) in [5.74, 6) is 0. The molecule has 0 bridgehead atoms. The molecule has 1 amide bonds. The van der Waals surface area contributed by atoms with Gasteiger partial charge in [-0.15, -0.1) is 0 Å². The summed E-state index contributed by atoms with van der Waals surface area (Å²) in [5, 5.41) is 3.76. The van der Waals surface area contributed by atoms with E-state index in [4.69, 9.17) is 4.74 Å². The molecule has 1 saturated heterocycles. The fourth-order valence-corrected chi connectivity index (χ4v) is 4.15. The van der Waals surface area contributed by atoms with Crippen molar-refractivity contribution in [2.24, 2.45) is 0 Å². The molecule has 0 spiro atoms. The Morgan fingerprint density at radius 1 is 1.38 bits per heavy atom. The highest BCUT2D eigenvalue weighted by Crippen LogP contribution is 2.42. The number of fused-ring (bicyclic) bond motifs is 1. The Kier molecular flexibility index (Phi) is 3.78. The van der Waals surface area contributed by atoms with Crippen molar-refractivity contribution in [3.05, 3.63) is 24.3 Å². The first-order valence-electron chi connectivity index (χ1n) is 7.46. The van der Waals surface area contributed by atoms with Crippen molar-refractivity contribution >= 4 is 23.5 Å². The number of hydrogen-bond acceptors (Lipinski definition) is 4. The van der Waals surface area contributed by atoms with E-state index >= 15 is 0 Å². The van der Waals surface area contributed by atoms with Crippen LogP contribution in [-0.2, 0) is 4.74 Å². The van der Waals surface area contributed by atoms with Gasteiger partial charge in [-0.25, -0.2) is 4.79 Å². The van der Waals surface area contributed by atoms with Crippen LogP contribution < -0.4 is 5.32 Å². The Morgan fingerprint density at radius 3 is 2.86 bits per heavy atom. The zero-order valence-electron chi connectivity index (χ0n) is 12.8. The van der Waals surface area contributed by atoms with Gasteiger partial charge in [-0.3, -0.25) is 0 Å². The summed E-state index contributed by atoms with van der Waals surface area (Å²) in [4.78, 5) is 15.5. The minimum atomic E-state index is -0.441. The second-order valence-electron chi connectivity index (χ2n) is 6.56. The number of amides is 1. The van der Waals surface area contributed by atoms with Crippen molar-refractivity contribution in [3.63, 3.8) is 0 Å². The van der Waals surface area contributed by atoms with E-state index in [2.05, 4.69) is 23.5 Å². The van der Waals surface area contributed by atoms with Crippen LogP contribution >= 0.6 is 11.8 Å². The average molecular weight is 306 g/mol. The normalized spacial score (nSPS) is 24.6. The maximum atomic E-state index is 12.4. The monoisotopic (exact) mass is 306 g/mol. The number of para-hydroxylation sites is 1. The summed E-state index contributed by atoms with van der Waals surface area (Å²) in [6, 6.07) is 8.50. The van der Waals surface area contributed by atoms with Gasteiger partial charge < -0.3 is 15.0 Å². The molecule has 0 aromatic heterocycles. The van der Waals surface area contributed by atoms with Crippen LogP contribution in [0.3, 0.4) is 0 Å². The van der Waals surface area contributed by atoms with Crippen molar-refractivity contribution < 1.29 is 9.53 Å². The fraction of sp³-hybridized carbons (Fsp3) is 0.562. The number of ether oxygens (including phenoxy) is 1. The summed E-state index contributed by atoms with van der Waals surface area (Å²) in [6.07, 6.45) is 1.88. The van der Waals surface area contributed by atoms with Crippen molar-refractivity contribution in [1.82, 2.24) is 4.90 Å². The lowest BCUT2D eigenvalue weighted by Gasteiger charge is -2.31. The quantitative estimate of drug-likeness (QED) is 0.853. The third kappa shape index (κ3) is 3.12. The first-order chi connectivity index (χ1) is 9.94. The van der Waals surface area contributed by atoms with Gasteiger partial charge in [0.05, 0.1) is 11.4 Å². The van der Waals surface area contributed by atoms with E-state index in [1.807, 2.05) is 43.5 Å². The predicted octanol–water partition coefficient (Wildman–Crippen LogP) is 3.93. The Labute approximate surface area is 130 Å². The molecule has 1 aromatic rings. The van der Waals surface area contributed by atoms with Crippen LogP contribution in [0.5, 0.6) is 0 Å². The molecule has 4 nitrogen and oxygen atoms in total. The molecule has 21 heavy (non-hydrogen) atoms. The van der Waals surface area contributed by atoms with Gasteiger partial charge in [-0.05, 0) is 45.7 Å². The number of rotatable bonds is 1. The van der Waals surface area contributed by atoms with E-state index in [1.54, 1.807) is 0 Å². The molecule has 0 aliphatic carbocycles. The smallest absolute Gasteiger partial charge is 0.410 e. The summed E-state index contributed by atoms with van der Waals surface area (Å²) in [7, 11) is 0. The highest BCUT2D eigenvalue weighted by molar-refractivity contribution is 8.00. The molecule has 1 unspecified atom stereocenters. The molecule has 5 heteroatoms. The molecule has 0 radical (unpaired) electrons. The zero-order chi connectivity index (χ0) is 15.0. The Hall–Kier alpha value is -1.36. The number of thioether (sulfide) groups is 1. The van der Waals surface area contributed by atoms with Gasteiger partial charge in [0, 0.05) is 17.1 Å². The summed E-state index contributed by atoms with van der Waals surface area (Å²) < 4.78 is 5.54. The first kappa shape index (κ1) is 14.6. The van der Waals surface area contributed by atoms with Crippen molar-refractivity contribution in [1.29, 1.82) is 0 Å². The lowest BCUT2D eigenvalue weighted by atomic mass is 10.2. The molecular weight excluding hydrogens is 284 g/mol. The maximum absolute atomic E-state index is 12.4. The van der Waals surface area contributed by atoms with Gasteiger partial charge in [0.25, 0.3) is 0 Å². The second-order valence-corrected chi connectivity index (χ2v) is 7.75. The lowest BCUT2D eigenvalue weighted by molar-refractivity contribution is 0.0229. The standard InChI is InChI=1S/C16H22N2O2S/c1-16(2,3)20-15(19)18-10-6-8-12(18)14-17-11-7-4-5-9-13(11)21-14/h4-5,7,9,12,14,17H,6,8,10H2,1-3H3/t12-,14?/m0/s1. The van der Waals surface area contributed by atoms with E-state index in [9.17, 15) is 4.79 Å². The minimum Gasteiger partial charge on any atom is -0.444 e. The number of nitrogens with one attached hydrogen (secondary N) is 1. The second kappa shape index (κ2) is 5.44. The number of benzene rings is 1. The summed E-state index contributed by atoms with van der Waals surface area (Å²) in [6.45, 7) is 6.52. The number of carbonyl (C=O) groups is 1. The van der Waals surface area contributed by atoms with Gasteiger partial charge in [0.1, 0.15) is 5.60 Å². The maximum Gasteiger partial charge on any atom is 0.410 e. The van der Waals surface area contributed by atoms with Gasteiger partial charge in [-0.1, -0.05) is 23.9 Å². The number of likely N-dealkylation sites (tertiary alicyclic amines) is 1.